The number of nitrogens with zero attached hydrogens (tertiary/aromatic N) is 2. The molecule has 0 unspecified atom stereocenters. The van der Waals surface area contributed by atoms with Crippen LogP contribution in [0.1, 0.15) is 18.4 Å². The summed E-state index contributed by atoms with van der Waals surface area (Å²) < 4.78 is 11.6. The lowest BCUT2D eigenvalue weighted by molar-refractivity contribution is -0.137. The molecule has 4 aromatic rings. The SMILES string of the molecule is O=C(O)CCCOc1ccc(-c2nc(OCc3ccccc3)cc(-c3ccccc3)n2)cc1. The molecule has 0 fully saturated rings. The summed E-state index contributed by atoms with van der Waals surface area (Å²) in [6.45, 7) is 0.762. The maximum absolute atomic E-state index is 10.6. The van der Waals surface area contributed by atoms with Crippen molar-refractivity contribution in [2.45, 2.75) is 19.4 Å². The molecule has 166 valence electrons. The van der Waals surface area contributed by atoms with Gasteiger partial charge in [-0.15, -0.1) is 0 Å². The first kappa shape index (κ1) is 22.0. The van der Waals surface area contributed by atoms with E-state index in [9.17, 15) is 4.79 Å². The Bertz CT molecular complexity index is 1180. The second kappa shape index (κ2) is 10.9. The summed E-state index contributed by atoms with van der Waals surface area (Å²) in [5, 5.41) is 8.72. The minimum atomic E-state index is -0.824. The quantitative estimate of drug-likeness (QED) is 0.322. The Morgan fingerprint density at radius 3 is 2.18 bits per heavy atom. The van der Waals surface area contributed by atoms with Crippen molar-refractivity contribution in [2.24, 2.45) is 0 Å². The maximum atomic E-state index is 10.6. The minimum absolute atomic E-state index is 0.0873. The first-order valence-electron chi connectivity index (χ1n) is 10.7. The van der Waals surface area contributed by atoms with E-state index in [4.69, 9.17) is 19.6 Å². The van der Waals surface area contributed by atoms with E-state index < -0.39 is 5.97 Å². The Kier molecular flexibility index (Phi) is 7.28. The van der Waals surface area contributed by atoms with Crippen molar-refractivity contribution in [3.63, 3.8) is 0 Å². The Morgan fingerprint density at radius 1 is 0.788 bits per heavy atom. The van der Waals surface area contributed by atoms with Crippen LogP contribution in [0.2, 0.25) is 0 Å². The fraction of sp³-hybridized carbons (Fsp3) is 0.148. The monoisotopic (exact) mass is 440 g/mol. The molecule has 6 heteroatoms. The number of hydrogen-bond acceptors (Lipinski definition) is 5. The van der Waals surface area contributed by atoms with Crippen molar-refractivity contribution in [1.29, 1.82) is 0 Å². The Labute approximate surface area is 192 Å². The third-order valence-corrected chi connectivity index (χ3v) is 4.92. The molecule has 0 aliphatic rings. The van der Waals surface area contributed by atoms with Gasteiger partial charge in [-0.1, -0.05) is 60.7 Å². The zero-order chi connectivity index (χ0) is 22.9. The largest absolute Gasteiger partial charge is 0.494 e. The highest BCUT2D eigenvalue weighted by Gasteiger charge is 2.10. The van der Waals surface area contributed by atoms with E-state index in [0.717, 1.165) is 22.4 Å². The van der Waals surface area contributed by atoms with Gasteiger partial charge in [0.05, 0.1) is 12.3 Å². The molecule has 4 rings (SSSR count). The highest BCUT2D eigenvalue weighted by molar-refractivity contribution is 5.66. The fourth-order valence-electron chi connectivity index (χ4n) is 3.23. The number of rotatable bonds is 10. The van der Waals surface area contributed by atoms with Crippen molar-refractivity contribution < 1.29 is 19.4 Å². The number of ether oxygens (including phenoxy) is 2. The number of carboxylic acids is 1. The average Bonchev–Trinajstić information content (AvgIpc) is 2.87. The van der Waals surface area contributed by atoms with E-state index >= 15 is 0 Å². The van der Waals surface area contributed by atoms with E-state index in [2.05, 4.69) is 4.98 Å². The molecular weight excluding hydrogens is 416 g/mol. The first-order valence-corrected chi connectivity index (χ1v) is 10.7. The molecule has 0 spiro atoms. The molecule has 3 aromatic carbocycles. The average molecular weight is 440 g/mol. The van der Waals surface area contributed by atoms with E-state index in [1.165, 1.54) is 0 Å². The maximum Gasteiger partial charge on any atom is 0.303 e. The molecular formula is C27H24N2O4. The summed E-state index contributed by atoms with van der Waals surface area (Å²) in [6.07, 6.45) is 0.547. The predicted octanol–water partition coefficient (Wildman–Crippen LogP) is 5.63. The van der Waals surface area contributed by atoms with Crippen molar-refractivity contribution >= 4 is 5.97 Å². The van der Waals surface area contributed by atoms with Gasteiger partial charge in [0.25, 0.3) is 0 Å². The predicted molar refractivity (Wildman–Crippen MR) is 126 cm³/mol. The van der Waals surface area contributed by atoms with Crippen molar-refractivity contribution in [3.05, 3.63) is 96.6 Å². The second-order valence-corrected chi connectivity index (χ2v) is 7.43. The molecule has 0 atom stereocenters. The molecule has 0 amide bonds. The van der Waals surface area contributed by atoms with Gasteiger partial charge in [-0.3, -0.25) is 4.79 Å². The number of hydrogen-bond donors (Lipinski definition) is 1. The van der Waals surface area contributed by atoms with Crippen LogP contribution in [0.4, 0.5) is 0 Å². The standard InChI is InChI=1S/C27H24N2O4/c30-26(31)12-7-17-32-23-15-13-22(14-16-23)27-28-24(21-10-5-2-6-11-21)18-25(29-27)33-19-20-8-3-1-4-9-20/h1-6,8-11,13-16,18H,7,12,17,19H2,(H,30,31). The normalized spacial score (nSPS) is 10.5. The molecule has 6 nitrogen and oxygen atoms in total. The van der Waals surface area contributed by atoms with Crippen LogP contribution in [-0.2, 0) is 11.4 Å². The van der Waals surface area contributed by atoms with E-state index in [1.807, 2.05) is 91.0 Å². The lowest BCUT2D eigenvalue weighted by atomic mass is 10.1. The molecule has 1 heterocycles. The van der Waals surface area contributed by atoms with Crippen molar-refractivity contribution in [1.82, 2.24) is 9.97 Å². The van der Waals surface area contributed by atoms with Crippen molar-refractivity contribution in [2.75, 3.05) is 6.61 Å². The molecule has 1 aromatic heterocycles. The zero-order valence-corrected chi connectivity index (χ0v) is 18.1. The molecule has 0 aliphatic heterocycles. The van der Waals surface area contributed by atoms with Crippen LogP contribution in [0.5, 0.6) is 11.6 Å². The van der Waals surface area contributed by atoms with Crippen LogP contribution >= 0.6 is 0 Å². The molecule has 0 aliphatic carbocycles. The van der Waals surface area contributed by atoms with Crippen LogP contribution in [-0.4, -0.2) is 27.7 Å². The van der Waals surface area contributed by atoms with Crippen LogP contribution < -0.4 is 9.47 Å². The van der Waals surface area contributed by atoms with Gasteiger partial charge in [-0.2, -0.15) is 4.98 Å². The number of carboxylic acid groups (broad SMARTS) is 1. The van der Waals surface area contributed by atoms with Gasteiger partial charge < -0.3 is 14.6 Å². The van der Waals surface area contributed by atoms with Crippen LogP contribution in [0.15, 0.2) is 91.0 Å². The highest BCUT2D eigenvalue weighted by Crippen LogP contribution is 2.27. The minimum Gasteiger partial charge on any atom is -0.494 e. The topological polar surface area (TPSA) is 81.5 Å². The van der Waals surface area contributed by atoms with E-state index in [0.29, 0.717) is 37.1 Å². The molecule has 33 heavy (non-hydrogen) atoms. The van der Waals surface area contributed by atoms with Gasteiger partial charge in [0.1, 0.15) is 12.4 Å². The third kappa shape index (κ3) is 6.40. The number of aliphatic carboxylic acids is 1. The summed E-state index contributed by atoms with van der Waals surface area (Å²) in [5.74, 6) is 0.895. The van der Waals surface area contributed by atoms with Gasteiger partial charge in [0, 0.05) is 23.6 Å². The summed E-state index contributed by atoms with van der Waals surface area (Å²) in [7, 11) is 0. The highest BCUT2D eigenvalue weighted by atomic mass is 16.5. The summed E-state index contributed by atoms with van der Waals surface area (Å²) in [4.78, 5) is 20.0. The lowest BCUT2D eigenvalue weighted by Gasteiger charge is -2.11. The van der Waals surface area contributed by atoms with Crippen LogP contribution in [0.3, 0.4) is 0 Å². The smallest absolute Gasteiger partial charge is 0.303 e. The molecule has 0 saturated heterocycles. The van der Waals surface area contributed by atoms with Crippen molar-refractivity contribution in [3.8, 4) is 34.3 Å². The van der Waals surface area contributed by atoms with Gasteiger partial charge in [-0.05, 0) is 36.2 Å². The summed E-state index contributed by atoms with van der Waals surface area (Å²) >= 11 is 0. The molecule has 0 bridgehead atoms. The first-order chi connectivity index (χ1) is 16.2. The van der Waals surface area contributed by atoms with Gasteiger partial charge in [0.2, 0.25) is 5.88 Å². The molecule has 1 N–H and O–H groups in total. The third-order valence-electron chi connectivity index (χ3n) is 4.92. The Hall–Kier alpha value is -4.19. The number of carbonyl (C=O) groups is 1. The zero-order valence-electron chi connectivity index (χ0n) is 18.1. The van der Waals surface area contributed by atoms with E-state index in [-0.39, 0.29) is 6.42 Å². The summed E-state index contributed by atoms with van der Waals surface area (Å²) in [5.41, 5.74) is 3.64. The second-order valence-electron chi connectivity index (χ2n) is 7.43. The van der Waals surface area contributed by atoms with Crippen LogP contribution in [0, 0.1) is 0 Å². The van der Waals surface area contributed by atoms with Crippen LogP contribution in [0.25, 0.3) is 22.6 Å². The van der Waals surface area contributed by atoms with Gasteiger partial charge in [0.15, 0.2) is 5.82 Å². The fourth-order valence-corrected chi connectivity index (χ4v) is 3.23. The Balaban J connectivity index is 1.55. The lowest BCUT2D eigenvalue weighted by Crippen LogP contribution is -2.02. The number of aromatic nitrogens is 2. The molecule has 0 radical (unpaired) electrons. The van der Waals surface area contributed by atoms with Gasteiger partial charge >= 0.3 is 5.97 Å². The molecule has 0 saturated carbocycles. The number of benzene rings is 3. The Morgan fingerprint density at radius 2 is 1.48 bits per heavy atom. The van der Waals surface area contributed by atoms with Gasteiger partial charge in [-0.25, -0.2) is 4.98 Å². The summed E-state index contributed by atoms with van der Waals surface area (Å²) in [6, 6.07) is 29.1. The van der Waals surface area contributed by atoms with E-state index in [1.54, 1.807) is 0 Å².